The van der Waals surface area contributed by atoms with Crippen LogP contribution in [-0.4, -0.2) is 26.3 Å². The van der Waals surface area contributed by atoms with Crippen LogP contribution in [0.1, 0.15) is 57.1 Å². The number of halogens is 1. The third-order valence-corrected chi connectivity index (χ3v) is 6.41. The monoisotopic (exact) mass is 446 g/mol. The highest BCUT2D eigenvalue weighted by Crippen LogP contribution is 2.41. The summed E-state index contributed by atoms with van der Waals surface area (Å²) in [7, 11) is 0. The number of benzene rings is 1. The van der Waals surface area contributed by atoms with E-state index in [1.54, 1.807) is 11.8 Å². The number of nitrogens with one attached hydrogen (secondary N) is 1. The van der Waals surface area contributed by atoms with Crippen LogP contribution >= 0.6 is 27.7 Å². The minimum atomic E-state index is -0.209. The van der Waals surface area contributed by atoms with Gasteiger partial charge in [0.25, 0.3) is 0 Å². The van der Waals surface area contributed by atoms with Gasteiger partial charge in [-0.15, -0.1) is 5.10 Å². The lowest BCUT2D eigenvalue weighted by molar-refractivity contribution is -0.116. The van der Waals surface area contributed by atoms with Gasteiger partial charge in [0.15, 0.2) is 5.78 Å². The number of Topliss-reactive ketones (excluding diaryl/α,β-unsaturated/α-hetero) is 1. The molecule has 0 bridgehead atoms. The van der Waals surface area contributed by atoms with E-state index < -0.39 is 0 Å². The first-order valence-corrected chi connectivity index (χ1v) is 11.3. The van der Waals surface area contributed by atoms with Crippen LogP contribution in [0.15, 0.2) is 45.2 Å². The van der Waals surface area contributed by atoms with Gasteiger partial charge in [-0.05, 0) is 37.0 Å². The van der Waals surface area contributed by atoms with Crippen molar-refractivity contribution in [3.05, 3.63) is 45.6 Å². The molecule has 2 aromatic rings. The van der Waals surface area contributed by atoms with E-state index in [2.05, 4.69) is 40.3 Å². The van der Waals surface area contributed by atoms with E-state index in [1.165, 1.54) is 19.3 Å². The van der Waals surface area contributed by atoms with Crippen molar-refractivity contribution in [3.8, 4) is 0 Å². The summed E-state index contributed by atoms with van der Waals surface area (Å²) in [5, 5.41) is 8.93. The Balaban J connectivity index is 1.71. The number of thioether (sulfide) groups is 1. The molecule has 5 nitrogen and oxygen atoms in total. The number of fused-ring (bicyclic) bond motifs is 1. The number of carbonyl (C=O) groups is 1. The van der Waals surface area contributed by atoms with E-state index in [1.807, 2.05) is 16.8 Å². The van der Waals surface area contributed by atoms with E-state index in [4.69, 9.17) is 10.1 Å². The zero-order chi connectivity index (χ0) is 18.8. The number of anilines is 1. The van der Waals surface area contributed by atoms with Crippen LogP contribution in [0.5, 0.6) is 0 Å². The molecule has 0 radical (unpaired) electrons. The zero-order valence-electron chi connectivity index (χ0n) is 15.4. The van der Waals surface area contributed by atoms with E-state index in [-0.39, 0.29) is 11.8 Å². The van der Waals surface area contributed by atoms with Crippen LogP contribution < -0.4 is 5.32 Å². The topological polar surface area (TPSA) is 59.8 Å². The number of allylic oxidation sites excluding steroid dienone is 2. The second kappa shape index (κ2) is 8.19. The van der Waals surface area contributed by atoms with Crippen molar-refractivity contribution in [2.75, 3.05) is 11.1 Å². The summed E-state index contributed by atoms with van der Waals surface area (Å²) in [6.45, 7) is 2.21. The molecule has 1 aliphatic carbocycles. The van der Waals surface area contributed by atoms with Crippen LogP contribution in [-0.2, 0) is 4.79 Å². The quantitative estimate of drug-likeness (QED) is 0.478. The molecular formula is C20H23BrN4OS. The van der Waals surface area contributed by atoms with Crippen LogP contribution in [0.4, 0.5) is 5.95 Å². The average molecular weight is 447 g/mol. The minimum absolute atomic E-state index is 0.209. The molecule has 2 aliphatic rings. The number of aromatic nitrogens is 3. The van der Waals surface area contributed by atoms with Crippen molar-refractivity contribution in [1.29, 1.82) is 0 Å². The highest BCUT2D eigenvalue weighted by atomic mass is 79.9. The van der Waals surface area contributed by atoms with Crippen LogP contribution in [0.3, 0.4) is 0 Å². The van der Waals surface area contributed by atoms with E-state index >= 15 is 0 Å². The lowest BCUT2D eigenvalue weighted by atomic mass is 9.85. The Bertz CT molecular complexity index is 892. The smallest absolute Gasteiger partial charge is 0.227 e. The lowest BCUT2D eigenvalue weighted by Crippen LogP contribution is -2.31. The Morgan fingerprint density at radius 3 is 3.04 bits per heavy atom. The first-order valence-electron chi connectivity index (χ1n) is 9.55. The SMILES string of the molecule is CCCCCSc1nc2n(n1)C(c1cccc(Br)c1)C1=C(CCCC1=O)N2. The van der Waals surface area contributed by atoms with Gasteiger partial charge < -0.3 is 5.32 Å². The molecular weight excluding hydrogens is 424 g/mol. The van der Waals surface area contributed by atoms with Gasteiger partial charge in [-0.2, -0.15) is 4.98 Å². The summed E-state index contributed by atoms with van der Waals surface area (Å²) < 4.78 is 2.89. The molecule has 0 spiro atoms. The van der Waals surface area contributed by atoms with Gasteiger partial charge in [0.05, 0.1) is 0 Å². The summed E-state index contributed by atoms with van der Waals surface area (Å²) in [6, 6.07) is 7.93. The molecule has 1 N–H and O–H groups in total. The minimum Gasteiger partial charge on any atom is -0.328 e. The van der Waals surface area contributed by atoms with Gasteiger partial charge in [-0.25, -0.2) is 4.68 Å². The maximum Gasteiger partial charge on any atom is 0.227 e. The molecule has 142 valence electrons. The molecule has 1 atom stereocenters. The van der Waals surface area contributed by atoms with Crippen LogP contribution in [0, 0.1) is 0 Å². The maximum absolute atomic E-state index is 12.8. The van der Waals surface area contributed by atoms with Crippen LogP contribution in [0.25, 0.3) is 0 Å². The first kappa shape index (κ1) is 18.7. The van der Waals surface area contributed by atoms with Crippen molar-refractivity contribution in [1.82, 2.24) is 14.8 Å². The fraction of sp³-hybridized carbons (Fsp3) is 0.450. The van der Waals surface area contributed by atoms with Crippen LogP contribution in [0.2, 0.25) is 0 Å². The summed E-state index contributed by atoms with van der Waals surface area (Å²) in [5.74, 6) is 1.98. The molecule has 1 aromatic carbocycles. The maximum atomic E-state index is 12.8. The Labute approximate surface area is 172 Å². The molecule has 27 heavy (non-hydrogen) atoms. The Hall–Kier alpha value is -1.60. The zero-order valence-corrected chi connectivity index (χ0v) is 17.8. The fourth-order valence-corrected chi connectivity index (χ4v) is 4.94. The van der Waals surface area contributed by atoms with Crippen molar-refractivity contribution < 1.29 is 4.79 Å². The average Bonchev–Trinajstić information content (AvgIpc) is 3.06. The number of hydrogen-bond acceptors (Lipinski definition) is 5. The predicted molar refractivity (Wildman–Crippen MR) is 112 cm³/mol. The first-order chi connectivity index (χ1) is 13.2. The number of nitrogens with zero attached hydrogens (tertiary/aromatic N) is 3. The van der Waals surface area contributed by atoms with Gasteiger partial charge in [0.1, 0.15) is 6.04 Å². The van der Waals surface area contributed by atoms with Crippen molar-refractivity contribution in [3.63, 3.8) is 0 Å². The van der Waals surface area contributed by atoms with Gasteiger partial charge in [0, 0.05) is 27.9 Å². The summed E-state index contributed by atoms with van der Waals surface area (Å²) in [6.07, 6.45) is 5.98. The number of rotatable bonds is 6. The number of carbonyl (C=O) groups excluding carboxylic acids is 1. The molecule has 7 heteroatoms. The normalized spacial score (nSPS) is 18.9. The number of hydrogen-bond donors (Lipinski definition) is 1. The van der Waals surface area contributed by atoms with Gasteiger partial charge in [0.2, 0.25) is 11.1 Å². The van der Waals surface area contributed by atoms with Gasteiger partial charge in [-0.1, -0.05) is 59.6 Å². The third kappa shape index (κ3) is 3.85. The number of unbranched alkanes of at least 4 members (excludes halogenated alkanes) is 2. The predicted octanol–water partition coefficient (Wildman–Crippen LogP) is 5.34. The highest BCUT2D eigenvalue weighted by Gasteiger charge is 2.36. The molecule has 0 saturated heterocycles. The Morgan fingerprint density at radius 1 is 1.33 bits per heavy atom. The molecule has 1 unspecified atom stereocenters. The second-order valence-corrected chi connectivity index (χ2v) is 8.95. The van der Waals surface area contributed by atoms with Gasteiger partial charge in [-0.3, -0.25) is 4.79 Å². The largest absolute Gasteiger partial charge is 0.328 e. The Kier molecular flexibility index (Phi) is 5.68. The number of ketones is 1. The van der Waals surface area contributed by atoms with E-state index in [0.717, 1.165) is 51.0 Å². The molecule has 0 amide bonds. The molecule has 0 fully saturated rings. The molecule has 4 rings (SSSR count). The Morgan fingerprint density at radius 2 is 2.22 bits per heavy atom. The second-order valence-electron chi connectivity index (χ2n) is 6.97. The van der Waals surface area contributed by atoms with E-state index in [0.29, 0.717) is 6.42 Å². The van der Waals surface area contributed by atoms with E-state index in [9.17, 15) is 4.79 Å². The fourth-order valence-electron chi connectivity index (χ4n) is 3.70. The molecule has 2 heterocycles. The molecule has 1 aromatic heterocycles. The lowest BCUT2D eigenvalue weighted by Gasteiger charge is -2.32. The standard InChI is InChI=1S/C20H23BrN4OS/c1-2-3-4-11-27-20-23-19-22-15-9-6-10-16(26)17(15)18(25(19)24-20)13-7-5-8-14(21)12-13/h5,7-8,12,18H,2-4,6,9-11H2,1H3,(H,22,23,24). The summed E-state index contributed by atoms with van der Waals surface area (Å²) in [4.78, 5) is 17.5. The molecule has 0 saturated carbocycles. The summed E-state index contributed by atoms with van der Waals surface area (Å²) >= 11 is 5.25. The van der Waals surface area contributed by atoms with Crippen molar-refractivity contribution in [2.24, 2.45) is 0 Å². The summed E-state index contributed by atoms with van der Waals surface area (Å²) in [5.41, 5.74) is 2.92. The molecule has 1 aliphatic heterocycles. The van der Waals surface area contributed by atoms with Crippen molar-refractivity contribution >= 4 is 39.4 Å². The van der Waals surface area contributed by atoms with Gasteiger partial charge >= 0.3 is 0 Å². The van der Waals surface area contributed by atoms with Crippen molar-refractivity contribution in [2.45, 2.75) is 56.6 Å². The highest BCUT2D eigenvalue weighted by molar-refractivity contribution is 9.10. The third-order valence-electron chi connectivity index (χ3n) is 4.99.